The van der Waals surface area contributed by atoms with E-state index in [0.717, 1.165) is 11.4 Å². The van der Waals surface area contributed by atoms with E-state index in [1.807, 2.05) is 18.4 Å². The van der Waals surface area contributed by atoms with Gasteiger partial charge >= 0.3 is 0 Å². The number of aliphatic hydroxyl groups is 1. The van der Waals surface area contributed by atoms with Crippen LogP contribution >= 0.6 is 39.5 Å². The van der Waals surface area contributed by atoms with Gasteiger partial charge in [-0.25, -0.2) is 4.98 Å². The van der Waals surface area contributed by atoms with Crippen molar-refractivity contribution in [1.29, 1.82) is 0 Å². The number of rotatable bonds is 5. The Balaban J connectivity index is 1.86. The number of ether oxygens (including phenoxy) is 1. The summed E-state index contributed by atoms with van der Waals surface area (Å²) in [7, 11) is 0. The van der Waals surface area contributed by atoms with E-state index >= 15 is 0 Å². The Bertz CT molecular complexity index is 879. The van der Waals surface area contributed by atoms with Crippen LogP contribution in [-0.4, -0.2) is 39.9 Å². The molecule has 1 aromatic carbocycles. The Morgan fingerprint density at radius 1 is 1.45 bits per heavy atom. The lowest BCUT2D eigenvalue weighted by atomic mass is 9.74. The van der Waals surface area contributed by atoms with Crippen molar-refractivity contribution in [3.63, 3.8) is 0 Å². The smallest absolute Gasteiger partial charge is 0.257 e. The van der Waals surface area contributed by atoms with Gasteiger partial charge in [0.2, 0.25) is 0 Å². The molecule has 29 heavy (non-hydrogen) atoms. The Hall–Kier alpha value is -1.39. The van der Waals surface area contributed by atoms with Crippen LogP contribution in [0.1, 0.15) is 42.1 Å². The van der Waals surface area contributed by atoms with Crippen molar-refractivity contribution in [2.75, 3.05) is 13.2 Å². The van der Waals surface area contributed by atoms with Crippen LogP contribution in [0.5, 0.6) is 0 Å². The number of benzene rings is 1. The van der Waals surface area contributed by atoms with Crippen LogP contribution < -0.4 is 10.6 Å². The predicted octanol–water partition coefficient (Wildman–Crippen LogP) is 3.60. The van der Waals surface area contributed by atoms with Gasteiger partial charge in [0.1, 0.15) is 15.1 Å². The van der Waals surface area contributed by atoms with E-state index < -0.39 is 5.54 Å². The maximum absolute atomic E-state index is 12.5. The van der Waals surface area contributed by atoms with Crippen molar-refractivity contribution >= 4 is 50.5 Å². The number of carbonyl (C=O) groups excluding carboxylic acids is 1. The summed E-state index contributed by atoms with van der Waals surface area (Å²) in [6.07, 6.45) is 1.47. The molecule has 1 unspecified atom stereocenters. The molecule has 1 aliphatic heterocycles. The summed E-state index contributed by atoms with van der Waals surface area (Å²) in [5.41, 5.74) is -0.650. The van der Waals surface area contributed by atoms with Crippen LogP contribution in [0.25, 0.3) is 0 Å². The number of carbonyl (C=O) groups is 1. The molecule has 1 amide bonds. The molecule has 2 heterocycles. The van der Waals surface area contributed by atoms with Crippen molar-refractivity contribution in [3.05, 3.63) is 50.9 Å². The lowest BCUT2D eigenvalue weighted by molar-refractivity contribution is -0.140. The minimum atomic E-state index is -0.832. The topological polar surface area (TPSA) is 83.5 Å². The van der Waals surface area contributed by atoms with E-state index in [9.17, 15) is 9.90 Å². The number of hydrogen-bond donors (Lipinski definition) is 3. The second-order valence-corrected chi connectivity index (χ2v) is 9.48. The number of amides is 1. The summed E-state index contributed by atoms with van der Waals surface area (Å²) in [5, 5.41) is 19.0. The Morgan fingerprint density at radius 2 is 2.17 bits per heavy atom. The highest BCUT2D eigenvalue weighted by Gasteiger charge is 2.51. The fourth-order valence-electron chi connectivity index (χ4n) is 3.51. The molecule has 3 rings (SSSR count). The SMILES string of the molecule is CCC1(C)C[C@@H](CO)[C@](NC(=S)NC(=O)c2ccccc2)(c2nc(Br)cs2)CO1. The summed E-state index contributed by atoms with van der Waals surface area (Å²) in [5.74, 6) is -0.486. The second kappa shape index (κ2) is 9.18. The average Bonchev–Trinajstić information content (AvgIpc) is 3.17. The molecule has 1 saturated heterocycles. The number of aromatic nitrogens is 1. The molecule has 3 atom stereocenters. The quantitative estimate of drug-likeness (QED) is 0.547. The third kappa shape index (κ3) is 4.86. The summed E-state index contributed by atoms with van der Waals surface area (Å²) >= 11 is 10.3. The fraction of sp³-hybridized carbons (Fsp3) is 0.450. The zero-order valence-electron chi connectivity index (χ0n) is 16.3. The third-order valence-corrected chi connectivity index (χ3v) is 7.38. The zero-order chi connectivity index (χ0) is 21.1. The molecule has 1 fully saturated rings. The molecule has 0 bridgehead atoms. The summed E-state index contributed by atoms with van der Waals surface area (Å²) in [6.45, 7) is 4.34. The molecule has 3 N–H and O–H groups in total. The molecule has 0 radical (unpaired) electrons. The first-order valence-electron chi connectivity index (χ1n) is 9.37. The number of nitrogens with zero attached hydrogens (tertiary/aromatic N) is 1. The minimum Gasteiger partial charge on any atom is -0.396 e. The van der Waals surface area contributed by atoms with Gasteiger partial charge in [-0.05, 0) is 60.0 Å². The van der Waals surface area contributed by atoms with Gasteiger partial charge < -0.3 is 15.2 Å². The first-order chi connectivity index (χ1) is 13.8. The predicted molar refractivity (Wildman–Crippen MR) is 121 cm³/mol. The summed E-state index contributed by atoms with van der Waals surface area (Å²) in [6, 6.07) is 8.88. The van der Waals surface area contributed by atoms with Gasteiger partial charge in [-0.3, -0.25) is 10.1 Å². The van der Waals surface area contributed by atoms with Crippen LogP contribution in [0.3, 0.4) is 0 Å². The normalized spacial score (nSPS) is 26.7. The highest BCUT2D eigenvalue weighted by atomic mass is 79.9. The molecule has 0 saturated carbocycles. The molecule has 1 aromatic heterocycles. The lowest BCUT2D eigenvalue weighted by Crippen LogP contribution is -2.63. The Labute approximate surface area is 188 Å². The van der Waals surface area contributed by atoms with E-state index in [-0.39, 0.29) is 35.8 Å². The maximum atomic E-state index is 12.5. The Kier molecular flexibility index (Phi) is 7.06. The minimum absolute atomic E-state index is 0.0571. The number of halogens is 1. The molecule has 0 spiro atoms. The number of nitrogens with one attached hydrogen (secondary N) is 2. The first kappa shape index (κ1) is 22.3. The highest BCUT2D eigenvalue weighted by molar-refractivity contribution is 9.10. The number of thiocarbonyl (C=S) groups is 1. The van der Waals surface area contributed by atoms with E-state index in [0.29, 0.717) is 16.6 Å². The van der Waals surface area contributed by atoms with Crippen LogP contribution in [0.15, 0.2) is 40.3 Å². The molecule has 0 aliphatic carbocycles. The third-order valence-electron chi connectivity index (χ3n) is 5.45. The van der Waals surface area contributed by atoms with Gasteiger partial charge in [0.25, 0.3) is 5.91 Å². The average molecular weight is 498 g/mol. The van der Waals surface area contributed by atoms with Crippen molar-refractivity contribution in [2.45, 2.75) is 37.8 Å². The standard InChI is InChI=1S/C20H24BrN3O3S2/c1-3-19(2)9-14(10-25)20(12-27-19,17-22-15(21)11-29-17)24-18(28)23-16(26)13-7-5-4-6-8-13/h4-8,11,14,25H,3,9-10,12H2,1-2H3,(H2,23,24,26,28)/t14-,19?,20-/m0/s1. The van der Waals surface area contributed by atoms with Crippen LogP contribution in [0.2, 0.25) is 0 Å². The molecule has 9 heteroatoms. The second-order valence-electron chi connectivity index (χ2n) is 7.40. The molecular formula is C20H24BrN3O3S2. The van der Waals surface area contributed by atoms with Crippen LogP contribution in [0, 0.1) is 5.92 Å². The first-order valence-corrected chi connectivity index (χ1v) is 11.4. The molecule has 6 nitrogen and oxygen atoms in total. The molecule has 2 aromatic rings. The summed E-state index contributed by atoms with van der Waals surface area (Å²) in [4.78, 5) is 17.1. The van der Waals surface area contributed by atoms with Gasteiger partial charge in [0.05, 0.1) is 12.2 Å². The summed E-state index contributed by atoms with van der Waals surface area (Å²) < 4.78 is 6.93. The lowest BCUT2D eigenvalue weighted by Gasteiger charge is -2.49. The van der Waals surface area contributed by atoms with E-state index in [2.05, 4.69) is 38.5 Å². The van der Waals surface area contributed by atoms with Crippen LogP contribution in [-0.2, 0) is 10.3 Å². The Morgan fingerprint density at radius 3 is 2.76 bits per heavy atom. The number of thiazole rings is 1. The van der Waals surface area contributed by atoms with E-state index in [1.165, 1.54) is 11.3 Å². The molecule has 1 aliphatic rings. The van der Waals surface area contributed by atoms with Gasteiger partial charge in [0, 0.05) is 23.5 Å². The van der Waals surface area contributed by atoms with Crippen molar-refractivity contribution in [1.82, 2.24) is 15.6 Å². The fourth-order valence-corrected chi connectivity index (χ4v) is 5.26. The molecular weight excluding hydrogens is 474 g/mol. The monoisotopic (exact) mass is 497 g/mol. The van der Waals surface area contributed by atoms with Gasteiger partial charge in [-0.2, -0.15) is 0 Å². The maximum Gasteiger partial charge on any atom is 0.257 e. The van der Waals surface area contributed by atoms with Gasteiger partial charge in [-0.15, -0.1) is 11.3 Å². The van der Waals surface area contributed by atoms with Crippen molar-refractivity contribution in [2.24, 2.45) is 5.92 Å². The van der Waals surface area contributed by atoms with Crippen molar-refractivity contribution < 1.29 is 14.6 Å². The van der Waals surface area contributed by atoms with Gasteiger partial charge in [0.15, 0.2) is 5.11 Å². The molecule has 156 valence electrons. The van der Waals surface area contributed by atoms with Gasteiger partial charge in [-0.1, -0.05) is 25.1 Å². The number of hydrogen-bond acceptors (Lipinski definition) is 6. The van der Waals surface area contributed by atoms with E-state index in [4.69, 9.17) is 17.0 Å². The number of aliphatic hydroxyl groups excluding tert-OH is 1. The van der Waals surface area contributed by atoms with E-state index in [1.54, 1.807) is 24.3 Å². The van der Waals surface area contributed by atoms with Crippen molar-refractivity contribution in [3.8, 4) is 0 Å². The van der Waals surface area contributed by atoms with Crippen LogP contribution in [0.4, 0.5) is 0 Å². The largest absolute Gasteiger partial charge is 0.396 e. The highest BCUT2D eigenvalue weighted by Crippen LogP contribution is 2.44. The zero-order valence-corrected chi connectivity index (χ0v) is 19.5.